The molecule has 1 aliphatic rings. The number of benzene rings is 1. The SMILES string of the molecule is CC(C)(C)c1cn2nc(N3CCCN(c4ncnc5ccc(F)cc45)CC3)ccc2n1. The lowest BCUT2D eigenvalue weighted by atomic mass is 9.93. The average molecular weight is 420 g/mol. The molecule has 1 saturated heterocycles. The van der Waals surface area contributed by atoms with Gasteiger partial charge < -0.3 is 9.80 Å². The smallest absolute Gasteiger partial charge is 0.153 e. The zero-order chi connectivity index (χ0) is 21.6. The van der Waals surface area contributed by atoms with Gasteiger partial charge in [-0.1, -0.05) is 20.8 Å². The molecule has 0 amide bonds. The molecule has 0 atom stereocenters. The van der Waals surface area contributed by atoms with Crippen LogP contribution in [0.15, 0.2) is 42.9 Å². The summed E-state index contributed by atoms with van der Waals surface area (Å²) in [4.78, 5) is 18.0. The van der Waals surface area contributed by atoms with Gasteiger partial charge in [0.1, 0.15) is 23.8 Å². The Morgan fingerprint density at radius 3 is 2.58 bits per heavy atom. The van der Waals surface area contributed by atoms with Crippen LogP contribution in [-0.4, -0.2) is 50.7 Å². The molecule has 7 nitrogen and oxygen atoms in total. The Labute approximate surface area is 180 Å². The molecule has 0 spiro atoms. The van der Waals surface area contributed by atoms with Crippen LogP contribution in [0.5, 0.6) is 0 Å². The van der Waals surface area contributed by atoms with E-state index in [1.165, 1.54) is 12.1 Å². The fourth-order valence-corrected chi connectivity index (χ4v) is 4.03. The van der Waals surface area contributed by atoms with Gasteiger partial charge in [-0.3, -0.25) is 0 Å². The quantitative estimate of drug-likeness (QED) is 0.492. The summed E-state index contributed by atoms with van der Waals surface area (Å²) in [6.45, 7) is 9.79. The van der Waals surface area contributed by atoms with Crippen LogP contribution in [0, 0.1) is 5.82 Å². The van der Waals surface area contributed by atoms with Gasteiger partial charge in [0.05, 0.1) is 17.4 Å². The molecule has 1 aliphatic heterocycles. The molecule has 0 radical (unpaired) electrons. The van der Waals surface area contributed by atoms with E-state index in [4.69, 9.17) is 10.1 Å². The molecule has 0 aliphatic carbocycles. The first-order valence-electron chi connectivity index (χ1n) is 10.7. The van der Waals surface area contributed by atoms with Gasteiger partial charge in [0, 0.05) is 37.0 Å². The van der Waals surface area contributed by atoms with E-state index in [9.17, 15) is 4.39 Å². The lowest BCUT2D eigenvalue weighted by Gasteiger charge is -2.24. The van der Waals surface area contributed by atoms with E-state index < -0.39 is 0 Å². The molecule has 0 N–H and O–H groups in total. The summed E-state index contributed by atoms with van der Waals surface area (Å²) in [5.74, 6) is 1.46. The van der Waals surface area contributed by atoms with Crippen LogP contribution in [0.25, 0.3) is 16.6 Å². The van der Waals surface area contributed by atoms with E-state index in [-0.39, 0.29) is 11.2 Å². The lowest BCUT2D eigenvalue weighted by Crippen LogP contribution is -2.32. The number of hydrogen-bond donors (Lipinski definition) is 0. The van der Waals surface area contributed by atoms with Crippen molar-refractivity contribution in [2.75, 3.05) is 36.0 Å². The molecule has 0 unspecified atom stereocenters. The first-order valence-corrected chi connectivity index (χ1v) is 10.7. The third-order valence-corrected chi connectivity index (χ3v) is 5.77. The van der Waals surface area contributed by atoms with Crippen molar-refractivity contribution in [3.05, 3.63) is 54.4 Å². The topological polar surface area (TPSA) is 62.5 Å². The third-order valence-electron chi connectivity index (χ3n) is 5.77. The van der Waals surface area contributed by atoms with Crippen LogP contribution in [0.3, 0.4) is 0 Å². The highest BCUT2D eigenvalue weighted by atomic mass is 19.1. The zero-order valence-electron chi connectivity index (χ0n) is 18.1. The molecule has 3 aromatic heterocycles. The maximum Gasteiger partial charge on any atom is 0.153 e. The summed E-state index contributed by atoms with van der Waals surface area (Å²) in [6, 6.07) is 8.73. The standard InChI is InChI=1S/C23H26FN7/c1-23(2,3)19-14-31-20(27-19)7-8-21(28-31)29-9-4-10-30(12-11-29)22-17-13-16(24)5-6-18(17)25-15-26-22/h5-8,13-15H,4,9-12H2,1-3H3. The Morgan fingerprint density at radius 2 is 1.74 bits per heavy atom. The summed E-state index contributed by atoms with van der Waals surface area (Å²) in [5.41, 5.74) is 2.63. The van der Waals surface area contributed by atoms with Crippen molar-refractivity contribution in [1.29, 1.82) is 0 Å². The van der Waals surface area contributed by atoms with Crippen LogP contribution in [0.2, 0.25) is 0 Å². The van der Waals surface area contributed by atoms with Gasteiger partial charge in [-0.15, -0.1) is 5.10 Å². The fraction of sp³-hybridized carbons (Fsp3) is 0.391. The lowest BCUT2D eigenvalue weighted by molar-refractivity contribution is 0.572. The molecule has 8 heteroatoms. The largest absolute Gasteiger partial charge is 0.354 e. The third kappa shape index (κ3) is 3.78. The Morgan fingerprint density at radius 1 is 0.935 bits per heavy atom. The second-order valence-corrected chi connectivity index (χ2v) is 9.06. The fourth-order valence-electron chi connectivity index (χ4n) is 4.03. The number of fused-ring (bicyclic) bond motifs is 2. The first-order chi connectivity index (χ1) is 14.9. The van der Waals surface area contributed by atoms with Crippen LogP contribution in [0.4, 0.5) is 16.0 Å². The summed E-state index contributed by atoms with van der Waals surface area (Å²) in [7, 11) is 0. The van der Waals surface area contributed by atoms with Crippen LogP contribution in [0.1, 0.15) is 32.9 Å². The van der Waals surface area contributed by atoms with Crippen molar-refractivity contribution < 1.29 is 4.39 Å². The second kappa shape index (κ2) is 7.44. The minimum atomic E-state index is -0.271. The minimum Gasteiger partial charge on any atom is -0.354 e. The van der Waals surface area contributed by atoms with E-state index in [1.807, 2.05) is 22.8 Å². The van der Waals surface area contributed by atoms with Crippen LogP contribution in [-0.2, 0) is 5.41 Å². The molecule has 31 heavy (non-hydrogen) atoms. The molecular weight excluding hydrogens is 393 g/mol. The molecular formula is C23H26FN7. The van der Waals surface area contributed by atoms with Crippen molar-refractivity contribution in [3.63, 3.8) is 0 Å². The number of nitrogens with zero attached hydrogens (tertiary/aromatic N) is 7. The van der Waals surface area contributed by atoms with E-state index in [1.54, 1.807) is 12.4 Å². The predicted molar refractivity (Wildman–Crippen MR) is 120 cm³/mol. The molecule has 4 heterocycles. The first kappa shape index (κ1) is 19.7. The molecule has 1 fully saturated rings. The van der Waals surface area contributed by atoms with E-state index in [0.29, 0.717) is 0 Å². The number of hydrogen-bond acceptors (Lipinski definition) is 6. The Hall–Kier alpha value is -3.29. The van der Waals surface area contributed by atoms with E-state index in [0.717, 1.165) is 66.5 Å². The van der Waals surface area contributed by atoms with Gasteiger partial charge in [0.2, 0.25) is 0 Å². The van der Waals surface area contributed by atoms with Crippen LogP contribution < -0.4 is 9.80 Å². The van der Waals surface area contributed by atoms with Crippen molar-refractivity contribution in [2.45, 2.75) is 32.6 Å². The van der Waals surface area contributed by atoms with E-state index in [2.05, 4.69) is 40.5 Å². The molecule has 1 aromatic carbocycles. The summed E-state index contributed by atoms with van der Waals surface area (Å²) in [6.07, 6.45) is 4.53. The number of rotatable bonds is 2. The maximum absolute atomic E-state index is 13.9. The van der Waals surface area contributed by atoms with Crippen molar-refractivity contribution in [2.24, 2.45) is 0 Å². The highest BCUT2D eigenvalue weighted by Gasteiger charge is 2.21. The Balaban J connectivity index is 1.40. The van der Waals surface area contributed by atoms with Gasteiger partial charge in [-0.05, 0) is 36.8 Å². The molecule has 0 saturated carbocycles. The number of aromatic nitrogens is 5. The van der Waals surface area contributed by atoms with Gasteiger partial charge in [-0.2, -0.15) is 0 Å². The highest BCUT2D eigenvalue weighted by Crippen LogP contribution is 2.26. The van der Waals surface area contributed by atoms with Crippen molar-refractivity contribution in [3.8, 4) is 0 Å². The van der Waals surface area contributed by atoms with Crippen molar-refractivity contribution >= 4 is 28.2 Å². The highest BCUT2D eigenvalue weighted by molar-refractivity contribution is 5.89. The predicted octanol–water partition coefficient (Wildman–Crippen LogP) is 3.83. The monoisotopic (exact) mass is 419 g/mol. The normalized spacial score (nSPS) is 15.6. The number of imidazole rings is 1. The van der Waals surface area contributed by atoms with Gasteiger partial charge >= 0.3 is 0 Å². The number of anilines is 2. The number of halogens is 1. The Bertz CT molecular complexity index is 1240. The Kier molecular flexibility index (Phi) is 4.72. The molecule has 5 rings (SSSR count). The molecule has 4 aromatic rings. The summed E-state index contributed by atoms with van der Waals surface area (Å²) in [5, 5.41) is 5.57. The summed E-state index contributed by atoms with van der Waals surface area (Å²) >= 11 is 0. The molecule has 0 bridgehead atoms. The molecule has 160 valence electrons. The van der Waals surface area contributed by atoms with Crippen molar-refractivity contribution in [1.82, 2.24) is 24.6 Å². The maximum atomic E-state index is 13.9. The van der Waals surface area contributed by atoms with Crippen LogP contribution >= 0.6 is 0 Å². The van der Waals surface area contributed by atoms with Gasteiger partial charge in [-0.25, -0.2) is 23.9 Å². The minimum absolute atomic E-state index is 0.0171. The second-order valence-electron chi connectivity index (χ2n) is 9.06. The van der Waals surface area contributed by atoms with Gasteiger partial charge in [0.15, 0.2) is 5.65 Å². The van der Waals surface area contributed by atoms with Gasteiger partial charge in [0.25, 0.3) is 0 Å². The van der Waals surface area contributed by atoms with E-state index >= 15 is 0 Å². The summed E-state index contributed by atoms with van der Waals surface area (Å²) < 4.78 is 15.7. The zero-order valence-corrected chi connectivity index (χ0v) is 18.1. The average Bonchev–Trinajstić information content (AvgIpc) is 3.03.